The third-order valence-electron chi connectivity index (χ3n) is 4.45. The minimum Gasteiger partial charge on any atom is -0.497 e. The van der Waals surface area contributed by atoms with Gasteiger partial charge in [-0.25, -0.2) is 12.8 Å². The van der Waals surface area contributed by atoms with Crippen molar-refractivity contribution in [2.24, 2.45) is 0 Å². The number of benzene rings is 3. The van der Waals surface area contributed by atoms with Crippen LogP contribution in [0, 0.1) is 5.82 Å². The van der Waals surface area contributed by atoms with Crippen LogP contribution in [0.1, 0.15) is 17.3 Å². The SMILES string of the molecule is COc1ccc(NS(=O)(=O)c2cccc(C(=O)NC(C)COc3ccccc3F)c2)cc1. The average Bonchev–Trinajstić information content (AvgIpc) is 2.79. The maximum atomic E-state index is 13.6. The fourth-order valence-electron chi connectivity index (χ4n) is 2.80. The number of amides is 1. The molecular weight excluding hydrogens is 435 g/mol. The molecule has 3 rings (SSSR count). The van der Waals surface area contributed by atoms with E-state index in [4.69, 9.17) is 9.47 Å². The number of methoxy groups -OCH3 is 1. The quantitative estimate of drug-likeness (QED) is 0.508. The Morgan fingerprint density at radius 3 is 2.44 bits per heavy atom. The van der Waals surface area contributed by atoms with Crippen LogP contribution >= 0.6 is 0 Å². The first-order valence-corrected chi connectivity index (χ1v) is 11.2. The maximum Gasteiger partial charge on any atom is 0.261 e. The van der Waals surface area contributed by atoms with Crippen LogP contribution in [0.4, 0.5) is 10.1 Å². The molecule has 0 heterocycles. The molecule has 7 nitrogen and oxygen atoms in total. The van der Waals surface area contributed by atoms with Gasteiger partial charge in [-0.15, -0.1) is 0 Å². The van der Waals surface area contributed by atoms with Gasteiger partial charge in [-0.1, -0.05) is 18.2 Å². The molecule has 0 aliphatic rings. The van der Waals surface area contributed by atoms with E-state index >= 15 is 0 Å². The van der Waals surface area contributed by atoms with Gasteiger partial charge in [-0.2, -0.15) is 0 Å². The van der Waals surface area contributed by atoms with E-state index in [9.17, 15) is 17.6 Å². The van der Waals surface area contributed by atoms with Crippen LogP contribution in [-0.4, -0.2) is 34.1 Å². The van der Waals surface area contributed by atoms with E-state index < -0.39 is 27.8 Å². The molecule has 0 saturated carbocycles. The maximum absolute atomic E-state index is 13.6. The number of halogens is 1. The summed E-state index contributed by atoms with van der Waals surface area (Å²) >= 11 is 0. The lowest BCUT2D eigenvalue weighted by Crippen LogP contribution is -2.37. The lowest BCUT2D eigenvalue weighted by atomic mass is 10.2. The second-order valence-corrected chi connectivity index (χ2v) is 8.66. The lowest BCUT2D eigenvalue weighted by Gasteiger charge is -2.16. The molecule has 0 aliphatic heterocycles. The van der Waals surface area contributed by atoms with Crippen LogP contribution < -0.4 is 19.5 Å². The number of para-hydroxylation sites is 1. The Labute approximate surface area is 186 Å². The molecular formula is C23H23FN2O5S. The first kappa shape index (κ1) is 23.1. The summed E-state index contributed by atoms with van der Waals surface area (Å²) in [4.78, 5) is 12.5. The normalized spacial score (nSPS) is 12.0. The van der Waals surface area contributed by atoms with Gasteiger partial charge in [0.1, 0.15) is 12.4 Å². The van der Waals surface area contributed by atoms with E-state index in [0.29, 0.717) is 11.4 Å². The standard InChI is InChI=1S/C23H23FN2O5S/c1-16(15-31-22-9-4-3-8-21(22)24)25-23(27)17-6-5-7-20(14-17)32(28,29)26-18-10-12-19(30-2)13-11-18/h3-14,16,26H,15H2,1-2H3,(H,25,27). The van der Waals surface area contributed by atoms with Gasteiger partial charge in [0.25, 0.3) is 15.9 Å². The molecule has 0 radical (unpaired) electrons. The smallest absolute Gasteiger partial charge is 0.261 e. The molecule has 0 aliphatic carbocycles. The van der Waals surface area contributed by atoms with Gasteiger partial charge >= 0.3 is 0 Å². The van der Waals surface area contributed by atoms with Crippen LogP contribution in [0.2, 0.25) is 0 Å². The highest BCUT2D eigenvalue weighted by molar-refractivity contribution is 7.92. The largest absolute Gasteiger partial charge is 0.497 e. The molecule has 168 valence electrons. The first-order chi connectivity index (χ1) is 15.3. The highest BCUT2D eigenvalue weighted by Crippen LogP contribution is 2.20. The number of ether oxygens (including phenoxy) is 2. The molecule has 1 atom stereocenters. The fraction of sp³-hybridized carbons (Fsp3) is 0.174. The topological polar surface area (TPSA) is 93.7 Å². The van der Waals surface area contributed by atoms with Gasteiger partial charge in [0.2, 0.25) is 0 Å². The summed E-state index contributed by atoms with van der Waals surface area (Å²) in [6.07, 6.45) is 0. The fourth-order valence-corrected chi connectivity index (χ4v) is 3.91. The van der Waals surface area contributed by atoms with Crippen molar-refractivity contribution in [1.82, 2.24) is 5.32 Å². The number of sulfonamides is 1. The van der Waals surface area contributed by atoms with Crippen molar-refractivity contribution < 1.29 is 27.1 Å². The average molecular weight is 459 g/mol. The summed E-state index contributed by atoms with van der Waals surface area (Å²) in [5.74, 6) is -0.282. The number of nitrogens with one attached hydrogen (secondary N) is 2. The monoisotopic (exact) mass is 458 g/mol. The van der Waals surface area contributed by atoms with E-state index in [-0.39, 0.29) is 22.8 Å². The van der Waals surface area contributed by atoms with Crippen LogP contribution in [-0.2, 0) is 10.0 Å². The zero-order valence-corrected chi connectivity index (χ0v) is 18.4. The van der Waals surface area contributed by atoms with Crippen molar-refractivity contribution in [2.75, 3.05) is 18.4 Å². The number of carbonyl (C=O) groups is 1. The number of hydrogen-bond donors (Lipinski definition) is 2. The van der Waals surface area contributed by atoms with Crippen LogP contribution in [0.25, 0.3) is 0 Å². The summed E-state index contributed by atoms with van der Waals surface area (Å²) in [7, 11) is -2.39. The summed E-state index contributed by atoms with van der Waals surface area (Å²) < 4.78 is 52.0. The summed E-state index contributed by atoms with van der Waals surface area (Å²) in [6, 6.07) is 17.6. The van der Waals surface area contributed by atoms with Gasteiger partial charge in [0, 0.05) is 11.3 Å². The van der Waals surface area contributed by atoms with E-state index in [0.717, 1.165) is 0 Å². The predicted octanol–water partition coefficient (Wildman–Crippen LogP) is 3.83. The highest BCUT2D eigenvalue weighted by atomic mass is 32.2. The van der Waals surface area contributed by atoms with E-state index in [1.165, 1.54) is 43.5 Å². The number of carbonyl (C=O) groups excluding carboxylic acids is 1. The Morgan fingerprint density at radius 2 is 1.75 bits per heavy atom. The Bertz CT molecular complexity index is 1180. The van der Waals surface area contributed by atoms with Crippen molar-refractivity contribution in [2.45, 2.75) is 17.9 Å². The van der Waals surface area contributed by atoms with Gasteiger partial charge in [0.15, 0.2) is 11.6 Å². The van der Waals surface area contributed by atoms with Gasteiger partial charge in [-0.05, 0) is 61.5 Å². The van der Waals surface area contributed by atoms with E-state index in [2.05, 4.69) is 10.0 Å². The Kier molecular flexibility index (Phi) is 7.32. The summed E-state index contributed by atoms with van der Waals surface area (Å²) in [5.41, 5.74) is 0.528. The minimum atomic E-state index is -3.91. The van der Waals surface area contributed by atoms with Crippen molar-refractivity contribution >= 4 is 21.6 Å². The predicted molar refractivity (Wildman–Crippen MR) is 119 cm³/mol. The molecule has 2 N–H and O–H groups in total. The van der Waals surface area contributed by atoms with Crippen LogP contribution in [0.15, 0.2) is 77.7 Å². The second kappa shape index (κ2) is 10.1. The highest BCUT2D eigenvalue weighted by Gasteiger charge is 2.18. The summed E-state index contributed by atoms with van der Waals surface area (Å²) in [6.45, 7) is 1.74. The van der Waals surface area contributed by atoms with Crippen molar-refractivity contribution in [3.8, 4) is 11.5 Å². The van der Waals surface area contributed by atoms with E-state index in [1.807, 2.05) is 0 Å². The molecule has 0 saturated heterocycles. The summed E-state index contributed by atoms with van der Waals surface area (Å²) in [5, 5.41) is 2.71. The molecule has 3 aromatic rings. The van der Waals surface area contributed by atoms with Crippen LogP contribution in [0.5, 0.6) is 11.5 Å². The van der Waals surface area contributed by atoms with Gasteiger partial charge in [0.05, 0.1) is 18.0 Å². The lowest BCUT2D eigenvalue weighted by molar-refractivity contribution is 0.0926. The number of hydrogen-bond acceptors (Lipinski definition) is 5. The third kappa shape index (κ3) is 5.98. The Hall–Kier alpha value is -3.59. The van der Waals surface area contributed by atoms with E-state index in [1.54, 1.807) is 43.3 Å². The van der Waals surface area contributed by atoms with Crippen molar-refractivity contribution in [3.63, 3.8) is 0 Å². The first-order valence-electron chi connectivity index (χ1n) is 9.73. The molecule has 1 amide bonds. The van der Waals surface area contributed by atoms with Crippen LogP contribution in [0.3, 0.4) is 0 Å². The number of anilines is 1. The van der Waals surface area contributed by atoms with Crippen molar-refractivity contribution in [3.05, 3.63) is 84.2 Å². The van der Waals surface area contributed by atoms with Crippen molar-refractivity contribution in [1.29, 1.82) is 0 Å². The Balaban J connectivity index is 1.64. The molecule has 1 unspecified atom stereocenters. The molecule has 32 heavy (non-hydrogen) atoms. The molecule has 0 spiro atoms. The third-order valence-corrected chi connectivity index (χ3v) is 5.83. The molecule has 0 aromatic heterocycles. The van der Waals surface area contributed by atoms with Gasteiger partial charge < -0.3 is 14.8 Å². The minimum absolute atomic E-state index is 0.0453. The molecule has 9 heteroatoms. The zero-order chi connectivity index (χ0) is 23.1. The Morgan fingerprint density at radius 1 is 1.03 bits per heavy atom. The second-order valence-electron chi connectivity index (χ2n) is 6.98. The molecule has 3 aromatic carbocycles. The zero-order valence-electron chi connectivity index (χ0n) is 17.5. The number of rotatable bonds is 9. The molecule has 0 fully saturated rings. The molecule has 0 bridgehead atoms. The van der Waals surface area contributed by atoms with Gasteiger partial charge in [-0.3, -0.25) is 9.52 Å².